The number of ether oxygens (including phenoxy) is 1. The Balaban J connectivity index is 0.000000173. The third-order valence-corrected chi connectivity index (χ3v) is 2.62. The molecule has 3 N–H and O–H groups in total. The molecule has 3 heteroatoms. The highest BCUT2D eigenvalue weighted by molar-refractivity contribution is 5.40. The zero-order valence-corrected chi connectivity index (χ0v) is 11.5. The number of rotatable bonds is 2. The summed E-state index contributed by atoms with van der Waals surface area (Å²) in [5.74, 6) is 1.99. The number of phenolic OH excluding ortho intramolecular Hbond substituents is 1. The van der Waals surface area contributed by atoms with Gasteiger partial charge >= 0.3 is 0 Å². The van der Waals surface area contributed by atoms with E-state index in [4.69, 9.17) is 15.6 Å². The maximum absolute atomic E-state index is 8.70. The monoisotopic (exact) mass is 279 g/mol. The molecule has 3 nitrogen and oxygen atoms in total. The molecule has 0 spiro atoms. The number of nitrogens with two attached hydrogens (primary N) is 1. The van der Waals surface area contributed by atoms with Crippen molar-refractivity contribution in [2.75, 3.05) is 5.73 Å². The fourth-order valence-corrected chi connectivity index (χ4v) is 1.59. The maximum Gasteiger partial charge on any atom is 0.127 e. The quantitative estimate of drug-likeness (QED) is 0.538. The largest absolute Gasteiger partial charge is 0.508 e. The molecule has 21 heavy (non-hydrogen) atoms. The maximum atomic E-state index is 8.70. The lowest BCUT2D eigenvalue weighted by atomic mass is 10.3. The van der Waals surface area contributed by atoms with E-state index in [0.717, 1.165) is 11.5 Å². The van der Waals surface area contributed by atoms with Crippen LogP contribution in [0.4, 0.5) is 5.69 Å². The second-order valence-electron chi connectivity index (χ2n) is 4.32. The molecule has 3 aromatic rings. The van der Waals surface area contributed by atoms with Crippen molar-refractivity contribution in [3.8, 4) is 17.2 Å². The van der Waals surface area contributed by atoms with Crippen LogP contribution in [0.15, 0.2) is 84.9 Å². The van der Waals surface area contributed by atoms with Gasteiger partial charge in [-0.3, -0.25) is 0 Å². The summed E-state index contributed by atoms with van der Waals surface area (Å²) in [7, 11) is 0. The molecule has 0 aromatic heterocycles. The second-order valence-corrected chi connectivity index (χ2v) is 4.32. The van der Waals surface area contributed by atoms with E-state index in [-0.39, 0.29) is 5.75 Å². The average molecular weight is 279 g/mol. The summed E-state index contributed by atoms with van der Waals surface area (Å²) in [6, 6.07) is 25.9. The summed E-state index contributed by atoms with van der Waals surface area (Å²) < 4.78 is 5.58. The van der Waals surface area contributed by atoms with Crippen LogP contribution in [0.1, 0.15) is 0 Å². The summed E-state index contributed by atoms with van der Waals surface area (Å²) in [5.41, 5.74) is 5.98. The van der Waals surface area contributed by atoms with Crippen LogP contribution in [0.5, 0.6) is 17.2 Å². The fraction of sp³-hybridized carbons (Fsp3) is 0. The van der Waals surface area contributed by atoms with E-state index in [1.54, 1.807) is 24.3 Å². The summed E-state index contributed by atoms with van der Waals surface area (Å²) in [5, 5.41) is 8.70. The minimum atomic E-state index is 0.249. The van der Waals surface area contributed by atoms with Gasteiger partial charge in [0.2, 0.25) is 0 Å². The Hall–Kier alpha value is -2.94. The van der Waals surface area contributed by atoms with Crippen molar-refractivity contribution >= 4 is 5.69 Å². The van der Waals surface area contributed by atoms with E-state index in [2.05, 4.69) is 0 Å². The fourth-order valence-electron chi connectivity index (χ4n) is 1.59. The number of para-hydroxylation sites is 2. The van der Waals surface area contributed by atoms with Gasteiger partial charge < -0.3 is 15.6 Å². The Labute approximate surface area is 124 Å². The van der Waals surface area contributed by atoms with Crippen LogP contribution in [0.2, 0.25) is 0 Å². The molecular weight excluding hydrogens is 262 g/mol. The SMILES string of the molecule is Nc1ccc(O)cc1.c1ccc(Oc2ccccc2)cc1. The summed E-state index contributed by atoms with van der Waals surface area (Å²) in [6.07, 6.45) is 0. The Bertz CT molecular complexity index is 579. The van der Waals surface area contributed by atoms with Crippen LogP contribution in [0.3, 0.4) is 0 Å². The van der Waals surface area contributed by atoms with Gasteiger partial charge in [-0.15, -0.1) is 0 Å². The molecule has 0 saturated carbocycles. The Morgan fingerprint density at radius 2 is 1.05 bits per heavy atom. The van der Waals surface area contributed by atoms with E-state index in [9.17, 15) is 0 Å². The van der Waals surface area contributed by atoms with Crippen LogP contribution in [0, 0.1) is 0 Å². The highest BCUT2D eigenvalue weighted by Crippen LogP contribution is 2.19. The van der Waals surface area contributed by atoms with E-state index in [0.29, 0.717) is 5.69 Å². The normalized spacial score (nSPS) is 9.33. The zero-order chi connectivity index (χ0) is 14.9. The van der Waals surface area contributed by atoms with Gasteiger partial charge in [-0.1, -0.05) is 36.4 Å². The summed E-state index contributed by atoms with van der Waals surface area (Å²) in [6.45, 7) is 0. The van der Waals surface area contributed by atoms with Crippen LogP contribution < -0.4 is 10.5 Å². The topological polar surface area (TPSA) is 55.5 Å². The predicted octanol–water partition coefficient (Wildman–Crippen LogP) is 4.45. The molecule has 0 radical (unpaired) electrons. The van der Waals surface area contributed by atoms with Crippen LogP contribution in [0.25, 0.3) is 0 Å². The van der Waals surface area contributed by atoms with Crippen molar-refractivity contribution in [3.63, 3.8) is 0 Å². The van der Waals surface area contributed by atoms with E-state index in [1.807, 2.05) is 60.7 Å². The zero-order valence-electron chi connectivity index (χ0n) is 11.5. The van der Waals surface area contributed by atoms with Gasteiger partial charge in [-0.25, -0.2) is 0 Å². The molecule has 0 aliphatic rings. The minimum Gasteiger partial charge on any atom is -0.508 e. The van der Waals surface area contributed by atoms with Crippen LogP contribution in [-0.2, 0) is 0 Å². The Morgan fingerprint density at radius 1 is 0.619 bits per heavy atom. The number of hydrogen-bond donors (Lipinski definition) is 2. The number of aromatic hydroxyl groups is 1. The van der Waals surface area contributed by atoms with Gasteiger partial charge in [-0.2, -0.15) is 0 Å². The molecule has 0 fully saturated rings. The van der Waals surface area contributed by atoms with Gasteiger partial charge in [0.1, 0.15) is 17.2 Å². The molecule has 106 valence electrons. The first-order valence-electron chi connectivity index (χ1n) is 6.56. The molecule has 0 bridgehead atoms. The van der Waals surface area contributed by atoms with E-state index >= 15 is 0 Å². The first-order chi connectivity index (χ1) is 10.2. The van der Waals surface area contributed by atoms with E-state index in [1.165, 1.54) is 0 Å². The Kier molecular flexibility index (Phi) is 5.24. The van der Waals surface area contributed by atoms with Gasteiger partial charge in [0.15, 0.2) is 0 Å². The number of phenols is 1. The van der Waals surface area contributed by atoms with Gasteiger partial charge in [0, 0.05) is 5.69 Å². The Morgan fingerprint density at radius 3 is 1.43 bits per heavy atom. The molecule has 0 aliphatic heterocycles. The minimum absolute atomic E-state index is 0.249. The molecule has 3 rings (SSSR count). The molecule has 0 heterocycles. The summed E-state index contributed by atoms with van der Waals surface area (Å²) >= 11 is 0. The number of nitrogen functional groups attached to an aromatic ring is 1. The van der Waals surface area contributed by atoms with Gasteiger partial charge in [0.25, 0.3) is 0 Å². The molecule has 0 atom stereocenters. The number of hydrogen-bond acceptors (Lipinski definition) is 3. The second kappa shape index (κ2) is 7.60. The van der Waals surface area contributed by atoms with Crippen molar-refractivity contribution in [1.82, 2.24) is 0 Å². The van der Waals surface area contributed by atoms with Crippen molar-refractivity contribution in [3.05, 3.63) is 84.9 Å². The van der Waals surface area contributed by atoms with Gasteiger partial charge in [-0.05, 0) is 48.5 Å². The number of anilines is 1. The first kappa shape index (κ1) is 14.5. The standard InChI is InChI=1S/C12H10O.C6H7NO/c1-3-7-11(8-4-1)13-12-9-5-2-6-10-12;7-5-1-3-6(8)4-2-5/h1-10H;1-4,8H,7H2. The molecule has 0 aliphatic carbocycles. The lowest BCUT2D eigenvalue weighted by Gasteiger charge is -2.03. The summed E-state index contributed by atoms with van der Waals surface area (Å²) in [4.78, 5) is 0. The molecular formula is C18H17NO2. The average Bonchev–Trinajstić information content (AvgIpc) is 2.53. The third-order valence-electron chi connectivity index (χ3n) is 2.62. The van der Waals surface area contributed by atoms with Crippen LogP contribution in [-0.4, -0.2) is 5.11 Å². The van der Waals surface area contributed by atoms with Crippen molar-refractivity contribution < 1.29 is 9.84 Å². The highest BCUT2D eigenvalue weighted by Gasteiger charge is 1.92. The van der Waals surface area contributed by atoms with Crippen molar-refractivity contribution in [2.45, 2.75) is 0 Å². The molecule has 0 unspecified atom stereocenters. The third kappa shape index (κ3) is 5.28. The van der Waals surface area contributed by atoms with Gasteiger partial charge in [0.05, 0.1) is 0 Å². The van der Waals surface area contributed by atoms with Crippen molar-refractivity contribution in [2.24, 2.45) is 0 Å². The molecule has 0 saturated heterocycles. The smallest absolute Gasteiger partial charge is 0.127 e. The lowest BCUT2D eigenvalue weighted by molar-refractivity contribution is 0.475. The lowest BCUT2D eigenvalue weighted by Crippen LogP contribution is -1.81. The highest BCUT2D eigenvalue weighted by atomic mass is 16.5. The van der Waals surface area contributed by atoms with Crippen LogP contribution >= 0.6 is 0 Å². The molecule has 0 amide bonds. The van der Waals surface area contributed by atoms with E-state index < -0.39 is 0 Å². The first-order valence-corrected chi connectivity index (χ1v) is 6.56. The number of benzene rings is 3. The molecule has 3 aromatic carbocycles. The predicted molar refractivity (Wildman–Crippen MR) is 85.5 cm³/mol. The van der Waals surface area contributed by atoms with Crippen molar-refractivity contribution in [1.29, 1.82) is 0 Å².